The minimum absolute atomic E-state index is 0.153. The number of amides is 1. The van der Waals surface area contributed by atoms with Crippen LogP contribution in [-0.4, -0.2) is 5.91 Å². The van der Waals surface area contributed by atoms with Gasteiger partial charge in [-0.1, -0.05) is 36.4 Å². The Bertz CT molecular complexity index is 659. The van der Waals surface area contributed by atoms with Gasteiger partial charge in [0, 0.05) is 12.6 Å². The van der Waals surface area contributed by atoms with Gasteiger partial charge in [0.2, 0.25) is 5.91 Å². The highest BCUT2D eigenvalue weighted by Crippen LogP contribution is 2.14. The zero-order chi connectivity index (χ0) is 15.2. The Morgan fingerprint density at radius 3 is 2.48 bits per heavy atom. The molecule has 2 nitrogen and oxygen atoms in total. The lowest BCUT2D eigenvalue weighted by molar-refractivity contribution is -0.116. The van der Waals surface area contributed by atoms with E-state index in [2.05, 4.69) is 5.32 Å². The molecule has 0 aromatic heterocycles. The van der Waals surface area contributed by atoms with Crippen molar-refractivity contribution in [2.45, 2.75) is 20.4 Å². The van der Waals surface area contributed by atoms with Crippen molar-refractivity contribution >= 4 is 11.5 Å². The first-order valence-electron chi connectivity index (χ1n) is 6.83. The maximum Gasteiger partial charge on any atom is 0.244 e. The summed E-state index contributed by atoms with van der Waals surface area (Å²) in [5.74, 6) is -0.435. The van der Waals surface area contributed by atoms with E-state index in [1.165, 1.54) is 18.2 Å². The molecular weight excluding hydrogens is 265 g/mol. The molecule has 3 heteroatoms. The highest BCUT2D eigenvalue weighted by molar-refractivity contribution is 5.94. The van der Waals surface area contributed by atoms with Gasteiger partial charge < -0.3 is 5.32 Å². The Hall–Kier alpha value is -2.42. The third kappa shape index (κ3) is 4.28. The molecule has 2 aromatic carbocycles. The van der Waals surface area contributed by atoms with E-state index in [-0.39, 0.29) is 11.7 Å². The SMILES string of the molecule is C/C(=C\C(=O)NCc1ccccc1C)c1ccc(F)cc1. The van der Waals surface area contributed by atoms with Gasteiger partial charge in [-0.3, -0.25) is 4.79 Å². The Kier molecular flexibility index (Phi) is 4.88. The van der Waals surface area contributed by atoms with Crippen molar-refractivity contribution in [2.75, 3.05) is 0 Å². The molecule has 21 heavy (non-hydrogen) atoms. The molecule has 0 fully saturated rings. The lowest BCUT2D eigenvalue weighted by Crippen LogP contribution is -2.21. The standard InChI is InChI=1S/C18H18FNO/c1-13-5-3-4-6-16(13)12-20-18(21)11-14(2)15-7-9-17(19)10-8-15/h3-11H,12H2,1-2H3,(H,20,21)/b14-11+. The summed E-state index contributed by atoms with van der Waals surface area (Å²) in [4.78, 5) is 11.9. The van der Waals surface area contributed by atoms with Crippen molar-refractivity contribution < 1.29 is 9.18 Å². The van der Waals surface area contributed by atoms with Crippen LogP contribution in [0.4, 0.5) is 4.39 Å². The van der Waals surface area contributed by atoms with Crippen LogP contribution >= 0.6 is 0 Å². The molecule has 2 rings (SSSR count). The molecule has 0 spiro atoms. The fourth-order valence-electron chi connectivity index (χ4n) is 2.03. The summed E-state index contributed by atoms with van der Waals surface area (Å²) in [7, 11) is 0. The smallest absolute Gasteiger partial charge is 0.244 e. The number of hydrogen-bond acceptors (Lipinski definition) is 1. The van der Waals surface area contributed by atoms with E-state index in [0.29, 0.717) is 6.54 Å². The van der Waals surface area contributed by atoms with Crippen LogP contribution in [0.5, 0.6) is 0 Å². The second kappa shape index (κ2) is 6.84. The van der Waals surface area contributed by atoms with Crippen LogP contribution in [-0.2, 0) is 11.3 Å². The van der Waals surface area contributed by atoms with Crippen molar-refractivity contribution in [1.29, 1.82) is 0 Å². The number of aryl methyl sites for hydroxylation is 1. The summed E-state index contributed by atoms with van der Waals surface area (Å²) in [6.45, 7) is 4.35. The highest BCUT2D eigenvalue weighted by Gasteiger charge is 2.02. The van der Waals surface area contributed by atoms with E-state index in [1.54, 1.807) is 12.1 Å². The molecule has 0 saturated carbocycles. The summed E-state index contributed by atoms with van der Waals surface area (Å²) < 4.78 is 12.9. The van der Waals surface area contributed by atoms with E-state index in [9.17, 15) is 9.18 Å². The molecule has 0 aliphatic carbocycles. The number of allylic oxidation sites excluding steroid dienone is 1. The minimum atomic E-state index is -0.282. The van der Waals surface area contributed by atoms with Gasteiger partial charge in [0.05, 0.1) is 0 Å². The molecular formula is C18H18FNO. The largest absolute Gasteiger partial charge is 0.348 e. The summed E-state index contributed by atoms with van der Waals surface area (Å²) in [6, 6.07) is 14.0. The topological polar surface area (TPSA) is 29.1 Å². The number of rotatable bonds is 4. The van der Waals surface area contributed by atoms with Crippen molar-refractivity contribution in [3.8, 4) is 0 Å². The van der Waals surface area contributed by atoms with Crippen LogP contribution < -0.4 is 5.32 Å². The fourth-order valence-corrected chi connectivity index (χ4v) is 2.03. The van der Waals surface area contributed by atoms with E-state index >= 15 is 0 Å². The zero-order valence-corrected chi connectivity index (χ0v) is 12.2. The second-order valence-corrected chi connectivity index (χ2v) is 4.98. The first-order chi connectivity index (χ1) is 10.1. The Labute approximate surface area is 124 Å². The number of nitrogens with one attached hydrogen (secondary N) is 1. The number of hydrogen-bond donors (Lipinski definition) is 1. The Morgan fingerprint density at radius 1 is 1.14 bits per heavy atom. The van der Waals surface area contributed by atoms with Crippen molar-refractivity contribution in [3.63, 3.8) is 0 Å². The van der Waals surface area contributed by atoms with Crippen LogP contribution in [0.3, 0.4) is 0 Å². The third-order valence-electron chi connectivity index (χ3n) is 3.36. The molecule has 0 heterocycles. The molecule has 2 aromatic rings. The van der Waals surface area contributed by atoms with Crippen LogP contribution in [0.2, 0.25) is 0 Å². The van der Waals surface area contributed by atoms with Gasteiger partial charge in [-0.15, -0.1) is 0 Å². The Morgan fingerprint density at radius 2 is 1.81 bits per heavy atom. The van der Waals surface area contributed by atoms with Crippen molar-refractivity contribution in [3.05, 3.63) is 77.1 Å². The lowest BCUT2D eigenvalue weighted by Gasteiger charge is -2.07. The predicted molar refractivity (Wildman–Crippen MR) is 83.1 cm³/mol. The summed E-state index contributed by atoms with van der Waals surface area (Å²) >= 11 is 0. The van der Waals surface area contributed by atoms with Crippen LogP contribution in [0.1, 0.15) is 23.6 Å². The molecule has 0 bridgehead atoms. The van der Waals surface area contributed by atoms with E-state index in [1.807, 2.05) is 38.1 Å². The van der Waals surface area contributed by atoms with Crippen molar-refractivity contribution in [2.24, 2.45) is 0 Å². The molecule has 108 valence electrons. The third-order valence-corrected chi connectivity index (χ3v) is 3.36. The monoisotopic (exact) mass is 283 g/mol. The average molecular weight is 283 g/mol. The summed E-state index contributed by atoms with van der Waals surface area (Å²) in [6.07, 6.45) is 1.53. The highest BCUT2D eigenvalue weighted by atomic mass is 19.1. The lowest BCUT2D eigenvalue weighted by atomic mass is 10.1. The minimum Gasteiger partial charge on any atom is -0.348 e. The normalized spacial score (nSPS) is 11.3. The van der Waals surface area contributed by atoms with Crippen LogP contribution in [0.15, 0.2) is 54.6 Å². The molecule has 1 amide bonds. The molecule has 0 unspecified atom stereocenters. The van der Waals surface area contributed by atoms with Gasteiger partial charge in [0.1, 0.15) is 5.82 Å². The molecule has 0 atom stereocenters. The summed E-state index contributed by atoms with van der Waals surface area (Å²) in [5, 5.41) is 2.86. The zero-order valence-electron chi connectivity index (χ0n) is 12.2. The maximum absolute atomic E-state index is 12.9. The van der Waals surface area contributed by atoms with E-state index in [0.717, 1.165) is 22.3 Å². The molecule has 1 N–H and O–H groups in total. The average Bonchev–Trinajstić information content (AvgIpc) is 2.47. The number of carbonyl (C=O) groups is 1. The van der Waals surface area contributed by atoms with Crippen LogP contribution in [0.25, 0.3) is 5.57 Å². The van der Waals surface area contributed by atoms with E-state index in [4.69, 9.17) is 0 Å². The number of benzene rings is 2. The number of halogens is 1. The van der Waals surface area contributed by atoms with Crippen LogP contribution in [0, 0.1) is 12.7 Å². The van der Waals surface area contributed by atoms with Crippen molar-refractivity contribution in [1.82, 2.24) is 5.32 Å². The quantitative estimate of drug-likeness (QED) is 0.848. The second-order valence-electron chi connectivity index (χ2n) is 4.98. The van der Waals surface area contributed by atoms with Gasteiger partial charge in [-0.2, -0.15) is 0 Å². The molecule has 0 aliphatic rings. The first-order valence-corrected chi connectivity index (χ1v) is 6.83. The maximum atomic E-state index is 12.9. The van der Waals surface area contributed by atoms with E-state index < -0.39 is 0 Å². The van der Waals surface area contributed by atoms with Gasteiger partial charge in [0.15, 0.2) is 0 Å². The Balaban J connectivity index is 1.99. The molecule has 0 saturated heterocycles. The van der Waals surface area contributed by atoms with Gasteiger partial charge in [-0.05, 0) is 48.2 Å². The predicted octanol–water partition coefficient (Wildman–Crippen LogP) is 3.85. The first kappa shape index (κ1) is 15.0. The number of carbonyl (C=O) groups excluding carboxylic acids is 1. The fraction of sp³-hybridized carbons (Fsp3) is 0.167. The van der Waals surface area contributed by atoms with Gasteiger partial charge >= 0.3 is 0 Å². The molecule has 0 radical (unpaired) electrons. The molecule has 0 aliphatic heterocycles. The van der Waals surface area contributed by atoms with Gasteiger partial charge in [0.25, 0.3) is 0 Å². The summed E-state index contributed by atoms with van der Waals surface area (Å²) in [5.41, 5.74) is 3.88. The van der Waals surface area contributed by atoms with Gasteiger partial charge in [-0.25, -0.2) is 4.39 Å².